The summed E-state index contributed by atoms with van der Waals surface area (Å²) in [6, 6.07) is 22.6. The van der Waals surface area contributed by atoms with Crippen LogP contribution in [0, 0.1) is 0 Å². The Bertz CT molecular complexity index is 955. The second kappa shape index (κ2) is 8.26. The number of nitrogens with zero attached hydrogens (tertiary/aromatic N) is 3. The third kappa shape index (κ3) is 3.91. The summed E-state index contributed by atoms with van der Waals surface area (Å²) in [4.78, 5) is 21.6. The van der Waals surface area contributed by atoms with Crippen LogP contribution in [-0.2, 0) is 19.5 Å². The fraction of sp³-hybridized carbons (Fsp3) is 0.250. The number of anilines is 1. The van der Waals surface area contributed by atoms with Gasteiger partial charge in [0.05, 0.1) is 0 Å². The van der Waals surface area contributed by atoms with Crippen molar-refractivity contribution in [3.05, 3.63) is 95.3 Å². The lowest BCUT2D eigenvalue weighted by atomic mass is 9.99. The Morgan fingerprint density at radius 2 is 1.79 bits per heavy atom. The summed E-state index contributed by atoms with van der Waals surface area (Å²) in [6.07, 6.45) is 2.77. The molecule has 0 N–H and O–H groups in total. The van der Waals surface area contributed by atoms with Crippen molar-refractivity contribution in [2.24, 2.45) is 0 Å². The second-order valence-corrected chi connectivity index (χ2v) is 7.14. The van der Waals surface area contributed by atoms with Crippen LogP contribution in [0.25, 0.3) is 0 Å². The third-order valence-corrected chi connectivity index (χ3v) is 5.34. The van der Waals surface area contributed by atoms with E-state index >= 15 is 0 Å². The Labute approximate surface area is 166 Å². The van der Waals surface area contributed by atoms with Crippen molar-refractivity contribution in [2.45, 2.75) is 26.4 Å². The molecule has 0 saturated carbocycles. The number of benzene rings is 2. The van der Waals surface area contributed by atoms with Crippen LogP contribution < -0.4 is 4.90 Å². The van der Waals surface area contributed by atoms with E-state index in [0.717, 1.165) is 30.8 Å². The van der Waals surface area contributed by atoms with Gasteiger partial charge < -0.3 is 9.80 Å². The second-order valence-electron chi connectivity index (χ2n) is 7.14. The molecule has 0 saturated heterocycles. The lowest BCUT2D eigenvalue weighted by molar-refractivity contribution is 0.0746. The molecule has 0 bridgehead atoms. The molecule has 3 aromatic rings. The zero-order valence-corrected chi connectivity index (χ0v) is 16.2. The van der Waals surface area contributed by atoms with Crippen LogP contribution in [-0.4, -0.2) is 28.9 Å². The van der Waals surface area contributed by atoms with Gasteiger partial charge in [0.1, 0.15) is 5.69 Å². The largest absolute Gasteiger partial charge is 0.367 e. The van der Waals surface area contributed by atoms with Crippen LogP contribution in [0.15, 0.2) is 72.9 Å². The number of aromatic nitrogens is 1. The predicted molar refractivity (Wildman–Crippen MR) is 112 cm³/mol. The Kier molecular flexibility index (Phi) is 5.38. The molecule has 4 nitrogen and oxygen atoms in total. The zero-order valence-electron chi connectivity index (χ0n) is 16.2. The maximum atomic E-state index is 13.1. The first kappa shape index (κ1) is 18.2. The van der Waals surface area contributed by atoms with E-state index in [0.29, 0.717) is 18.8 Å². The van der Waals surface area contributed by atoms with Crippen LogP contribution in [0.4, 0.5) is 5.69 Å². The first-order chi connectivity index (χ1) is 13.7. The van der Waals surface area contributed by atoms with Gasteiger partial charge in [-0.15, -0.1) is 0 Å². The minimum Gasteiger partial charge on any atom is -0.367 e. The summed E-state index contributed by atoms with van der Waals surface area (Å²) in [6.45, 7) is 5.08. The smallest absolute Gasteiger partial charge is 0.272 e. The summed E-state index contributed by atoms with van der Waals surface area (Å²) < 4.78 is 0. The summed E-state index contributed by atoms with van der Waals surface area (Å²) >= 11 is 0. The SMILES string of the molecule is CCN(Cc1ccccc1)C(=O)c1cc(N2CCc3ccccc3C2)ccn1. The molecule has 1 aliphatic heterocycles. The van der Waals surface area contributed by atoms with Crippen LogP contribution in [0.2, 0.25) is 0 Å². The molecule has 142 valence electrons. The highest BCUT2D eigenvalue weighted by Gasteiger charge is 2.20. The van der Waals surface area contributed by atoms with Gasteiger partial charge >= 0.3 is 0 Å². The van der Waals surface area contributed by atoms with Gasteiger partial charge in [0.15, 0.2) is 0 Å². The molecule has 0 atom stereocenters. The van der Waals surface area contributed by atoms with Gasteiger partial charge in [-0.2, -0.15) is 0 Å². The number of rotatable bonds is 5. The van der Waals surface area contributed by atoms with E-state index in [1.807, 2.05) is 54.3 Å². The normalized spacial score (nSPS) is 13.1. The van der Waals surface area contributed by atoms with Crippen LogP contribution in [0.1, 0.15) is 34.1 Å². The molecule has 0 radical (unpaired) electrons. The fourth-order valence-electron chi connectivity index (χ4n) is 3.74. The van der Waals surface area contributed by atoms with Crippen LogP contribution in [0.5, 0.6) is 0 Å². The van der Waals surface area contributed by atoms with Gasteiger partial charge in [-0.05, 0) is 42.2 Å². The van der Waals surface area contributed by atoms with Crippen molar-refractivity contribution in [1.82, 2.24) is 9.88 Å². The van der Waals surface area contributed by atoms with Gasteiger partial charge in [0.25, 0.3) is 5.91 Å². The standard InChI is InChI=1S/C24H25N3O/c1-2-26(17-19-8-4-3-5-9-19)24(28)23-16-22(12-14-25-23)27-15-13-20-10-6-7-11-21(20)18-27/h3-12,14,16H,2,13,15,17-18H2,1H3. The summed E-state index contributed by atoms with van der Waals surface area (Å²) in [5.74, 6) is -0.0226. The molecule has 1 aromatic heterocycles. The summed E-state index contributed by atoms with van der Waals surface area (Å²) in [7, 11) is 0. The monoisotopic (exact) mass is 371 g/mol. The van der Waals surface area contributed by atoms with Gasteiger partial charge in [-0.25, -0.2) is 0 Å². The molecule has 0 aliphatic carbocycles. The van der Waals surface area contributed by atoms with Gasteiger partial charge in [0, 0.05) is 38.1 Å². The molecule has 1 amide bonds. The molecule has 0 unspecified atom stereocenters. The predicted octanol–water partition coefficient (Wildman–Crippen LogP) is 4.31. The first-order valence-electron chi connectivity index (χ1n) is 9.85. The topological polar surface area (TPSA) is 36.4 Å². The Hall–Kier alpha value is -3.14. The van der Waals surface area contributed by atoms with Gasteiger partial charge in [-0.1, -0.05) is 54.6 Å². The molecule has 0 fully saturated rings. The van der Waals surface area contributed by atoms with E-state index in [4.69, 9.17) is 0 Å². The molecular formula is C24H25N3O. The lowest BCUT2D eigenvalue weighted by Gasteiger charge is -2.31. The highest BCUT2D eigenvalue weighted by atomic mass is 16.2. The lowest BCUT2D eigenvalue weighted by Crippen LogP contribution is -2.32. The number of fused-ring (bicyclic) bond motifs is 1. The van der Waals surface area contributed by atoms with Crippen LogP contribution >= 0.6 is 0 Å². The minimum atomic E-state index is -0.0226. The number of hydrogen-bond acceptors (Lipinski definition) is 3. The maximum absolute atomic E-state index is 13.1. The summed E-state index contributed by atoms with van der Waals surface area (Å²) in [5, 5.41) is 0. The average molecular weight is 371 g/mol. The van der Waals surface area contributed by atoms with E-state index in [2.05, 4.69) is 34.1 Å². The minimum absolute atomic E-state index is 0.0226. The summed E-state index contributed by atoms with van der Waals surface area (Å²) in [5.41, 5.74) is 5.47. The average Bonchev–Trinajstić information content (AvgIpc) is 2.77. The third-order valence-electron chi connectivity index (χ3n) is 5.34. The number of hydrogen-bond donors (Lipinski definition) is 0. The van der Waals surface area contributed by atoms with Crippen molar-refractivity contribution in [3.63, 3.8) is 0 Å². The van der Waals surface area contributed by atoms with Crippen LogP contribution in [0.3, 0.4) is 0 Å². The first-order valence-corrected chi connectivity index (χ1v) is 9.85. The molecule has 4 heteroatoms. The molecule has 1 aliphatic rings. The Morgan fingerprint density at radius 1 is 1.04 bits per heavy atom. The maximum Gasteiger partial charge on any atom is 0.272 e. The molecule has 2 aromatic carbocycles. The van der Waals surface area contributed by atoms with Crippen molar-refractivity contribution in [1.29, 1.82) is 0 Å². The molecule has 0 spiro atoms. The number of carbonyl (C=O) groups is 1. The van der Waals surface area contributed by atoms with Crippen molar-refractivity contribution >= 4 is 11.6 Å². The van der Waals surface area contributed by atoms with E-state index in [1.165, 1.54) is 11.1 Å². The number of pyridine rings is 1. The zero-order chi connectivity index (χ0) is 19.3. The highest BCUT2D eigenvalue weighted by Crippen LogP contribution is 2.25. The Morgan fingerprint density at radius 3 is 2.57 bits per heavy atom. The highest BCUT2D eigenvalue weighted by molar-refractivity contribution is 5.93. The number of amides is 1. The molecule has 2 heterocycles. The van der Waals surface area contributed by atoms with Crippen molar-refractivity contribution in [3.8, 4) is 0 Å². The van der Waals surface area contributed by atoms with Gasteiger partial charge in [0.2, 0.25) is 0 Å². The van der Waals surface area contributed by atoms with E-state index < -0.39 is 0 Å². The fourth-order valence-corrected chi connectivity index (χ4v) is 3.74. The van der Waals surface area contributed by atoms with Crippen molar-refractivity contribution in [2.75, 3.05) is 18.0 Å². The molecular weight excluding hydrogens is 346 g/mol. The number of carbonyl (C=O) groups excluding carboxylic acids is 1. The molecule has 4 rings (SSSR count). The quantitative estimate of drug-likeness (QED) is 0.671. The van der Waals surface area contributed by atoms with Gasteiger partial charge in [-0.3, -0.25) is 9.78 Å². The van der Waals surface area contributed by atoms with Crippen molar-refractivity contribution < 1.29 is 4.79 Å². The molecule has 28 heavy (non-hydrogen) atoms. The Balaban J connectivity index is 1.52. The van der Waals surface area contributed by atoms with E-state index in [1.54, 1.807) is 6.20 Å². The van der Waals surface area contributed by atoms with E-state index in [-0.39, 0.29) is 5.91 Å². The van der Waals surface area contributed by atoms with E-state index in [9.17, 15) is 4.79 Å².